The van der Waals surface area contributed by atoms with E-state index in [0.717, 1.165) is 11.3 Å². The van der Waals surface area contributed by atoms with Gasteiger partial charge in [-0.2, -0.15) is 13.2 Å². The van der Waals surface area contributed by atoms with Gasteiger partial charge in [0.05, 0.1) is 13.2 Å². The van der Waals surface area contributed by atoms with Gasteiger partial charge in [0.15, 0.2) is 0 Å². The zero-order valence-corrected chi connectivity index (χ0v) is 21.1. The number of halogens is 3. The molecule has 2 aromatic rings. The van der Waals surface area contributed by atoms with E-state index in [9.17, 15) is 32.7 Å². The number of para-hydroxylation sites is 1. The number of hydrogen-bond donors (Lipinski definition) is 4. The summed E-state index contributed by atoms with van der Waals surface area (Å²) in [6, 6.07) is 16.3. The van der Waals surface area contributed by atoms with Gasteiger partial charge >= 0.3 is 18.1 Å². The molecule has 1 aliphatic rings. The molecular formula is C26H30F3N3O7. The highest BCUT2D eigenvalue weighted by Gasteiger charge is 2.39. The van der Waals surface area contributed by atoms with Crippen molar-refractivity contribution in [3.8, 4) is 0 Å². The van der Waals surface area contributed by atoms with Gasteiger partial charge in [-0.25, -0.2) is 9.59 Å². The molecule has 3 atom stereocenters. The number of ether oxygens (including phenoxy) is 1. The Kier molecular flexibility index (Phi) is 11.7. The molecule has 2 aromatic carbocycles. The van der Waals surface area contributed by atoms with E-state index in [4.69, 9.17) is 14.6 Å². The number of carboxylic acids is 2. The lowest BCUT2D eigenvalue weighted by molar-refractivity contribution is -0.192. The summed E-state index contributed by atoms with van der Waals surface area (Å²) in [4.78, 5) is 47.7. The van der Waals surface area contributed by atoms with Crippen LogP contribution in [0.25, 0.3) is 0 Å². The number of anilines is 1. The number of carboxylic acid groups (broad SMARTS) is 2. The van der Waals surface area contributed by atoms with Gasteiger partial charge in [-0.1, -0.05) is 48.5 Å². The van der Waals surface area contributed by atoms with Gasteiger partial charge in [0, 0.05) is 12.2 Å². The topological polar surface area (TPSA) is 145 Å². The van der Waals surface area contributed by atoms with E-state index in [1.165, 1.54) is 4.90 Å². The van der Waals surface area contributed by atoms with E-state index in [1.807, 2.05) is 60.7 Å². The SMILES string of the molecule is CC(Nc1ccccc1)C(=O)NC(COCc1ccccc1)C(=O)N1CCCC1C(=O)O.O=C(O)C(F)(F)F. The number of carbonyl (C=O) groups excluding carboxylic acids is 2. The van der Waals surface area contributed by atoms with Gasteiger partial charge in [-0.15, -0.1) is 0 Å². The maximum Gasteiger partial charge on any atom is 0.490 e. The van der Waals surface area contributed by atoms with Crippen molar-refractivity contribution in [1.29, 1.82) is 0 Å². The van der Waals surface area contributed by atoms with Gasteiger partial charge in [-0.3, -0.25) is 9.59 Å². The Labute approximate surface area is 222 Å². The molecule has 1 aliphatic heterocycles. The minimum absolute atomic E-state index is 0.0552. The average molecular weight is 554 g/mol. The highest BCUT2D eigenvalue weighted by Crippen LogP contribution is 2.19. The maximum absolute atomic E-state index is 13.2. The van der Waals surface area contributed by atoms with Gasteiger partial charge in [0.25, 0.3) is 0 Å². The molecule has 0 bridgehead atoms. The van der Waals surface area contributed by atoms with Crippen molar-refractivity contribution >= 4 is 29.4 Å². The first kappa shape index (κ1) is 31.1. The highest BCUT2D eigenvalue weighted by molar-refractivity contribution is 5.93. The molecule has 0 aliphatic carbocycles. The summed E-state index contributed by atoms with van der Waals surface area (Å²) in [6.45, 7) is 2.27. The number of nitrogens with one attached hydrogen (secondary N) is 2. The smallest absolute Gasteiger partial charge is 0.480 e. The van der Waals surface area contributed by atoms with Gasteiger partial charge < -0.3 is 30.5 Å². The van der Waals surface area contributed by atoms with Crippen LogP contribution in [-0.4, -0.2) is 76.3 Å². The van der Waals surface area contributed by atoms with Crippen LogP contribution in [0.2, 0.25) is 0 Å². The van der Waals surface area contributed by atoms with Gasteiger partial charge in [0.1, 0.15) is 18.1 Å². The summed E-state index contributed by atoms with van der Waals surface area (Å²) >= 11 is 0. The number of nitrogens with zero attached hydrogens (tertiary/aromatic N) is 1. The number of hydrogen-bond acceptors (Lipinski definition) is 6. The fourth-order valence-corrected chi connectivity index (χ4v) is 3.68. The molecule has 13 heteroatoms. The van der Waals surface area contributed by atoms with E-state index in [2.05, 4.69) is 10.6 Å². The van der Waals surface area contributed by atoms with E-state index >= 15 is 0 Å². The summed E-state index contributed by atoms with van der Waals surface area (Å²) in [7, 11) is 0. The van der Waals surface area contributed by atoms with Crippen molar-refractivity contribution in [1.82, 2.24) is 10.2 Å². The molecule has 2 amide bonds. The number of carbonyl (C=O) groups is 4. The maximum atomic E-state index is 13.2. The lowest BCUT2D eigenvalue weighted by atomic mass is 10.2. The second kappa shape index (κ2) is 14.7. The molecule has 39 heavy (non-hydrogen) atoms. The predicted octanol–water partition coefficient (Wildman–Crippen LogP) is 2.90. The van der Waals surface area contributed by atoms with Crippen LogP contribution in [0.1, 0.15) is 25.3 Å². The van der Waals surface area contributed by atoms with Crippen LogP contribution in [0.15, 0.2) is 60.7 Å². The molecule has 3 rings (SSSR count). The zero-order valence-electron chi connectivity index (χ0n) is 21.1. The molecule has 1 heterocycles. The largest absolute Gasteiger partial charge is 0.490 e. The van der Waals surface area contributed by atoms with E-state index in [1.54, 1.807) is 6.92 Å². The number of likely N-dealkylation sites (tertiary alicyclic amines) is 1. The minimum atomic E-state index is -5.08. The van der Waals surface area contributed by atoms with Crippen LogP contribution < -0.4 is 10.6 Å². The summed E-state index contributed by atoms with van der Waals surface area (Å²) in [5.41, 5.74) is 1.72. The van der Waals surface area contributed by atoms with E-state index in [0.29, 0.717) is 19.4 Å². The van der Waals surface area contributed by atoms with Crippen LogP contribution in [0, 0.1) is 0 Å². The van der Waals surface area contributed by atoms with Crippen molar-refractivity contribution in [2.75, 3.05) is 18.5 Å². The van der Waals surface area contributed by atoms with Crippen LogP contribution in [0.5, 0.6) is 0 Å². The Bertz CT molecular complexity index is 1100. The fraction of sp³-hybridized carbons (Fsp3) is 0.385. The highest BCUT2D eigenvalue weighted by atomic mass is 19.4. The number of aliphatic carboxylic acids is 2. The number of benzene rings is 2. The predicted molar refractivity (Wildman–Crippen MR) is 134 cm³/mol. The average Bonchev–Trinajstić information content (AvgIpc) is 3.39. The molecule has 10 nitrogen and oxygen atoms in total. The molecule has 0 saturated carbocycles. The van der Waals surface area contributed by atoms with Gasteiger partial charge in [0.2, 0.25) is 11.8 Å². The summed E-state index contributed by atoms with van der Waals surface area (Å²) in [6.07, 6.45) is -4.07. The van der Waals surface area contributed by atoms with E-state index < -0.39 is 42.1 Å². The third-order valence-corrected chi connectivity index (χ3v) is 5.62. The Morgan fingerprint density at radius 3 is 2.13 bits per heavy atom. The first-order valence-electron chi connectivity index (χ1n) is 12.0. The molecule has 1 saturated heterocycles. The molecule has 0 spiro atoms. The first-order chi connectivity index (χ1) is 18.4. The standard InChI is InChI=1S/C24H29N3O5.C2HF3O2/c1-17(25-19-11-6-3-7-12-19)22(28)26-20(16-32-15-18-9-4-2-5-10-18)23(29)27-14-8-13-21(27)24(30)31;3-2(4,5)1(6)7/h2-7,9-12,17,20-21,25H,8,13-16H2,1H3,(H,26,28)(H,30,31);(H,6,7). The third kappa shape index (κ3) is 10.3. The van der Waals surface area contributed by atoms with E-state index in [-0.39, 0.29) is 19.1 Å². The summed E-state index contributed by atoms with van der Waals surface area (Å²) in [5.74, 6) is -4.61. The van der Waals surface area contributed by atoms with Crippen molar-refractivity contribution in [3.05, 3.63) is 66.2 Å². The fourth-order valence-electron chi connectivity index (χ4n) is 3.68. The number of rotatable bonds is 10. The Hall–Kier alpha value is -4.13. The lowest BCUT2D eigenvalue weighted by Crippen LogP contribution is -2.55. The van der Waals surface area contributed by atoms with Crippen LogP contribution in [0.4, 0.5) is 18.9 Å². The molecular weight excluding hydrogens is 523 g/mol. The van der Waals surface area contributed by atoms with Crippen molar-refractivity contribution in [2.24, 2.45) is 0 Å². The third-order valence-electron chi connectivity index (χ3n) is 5.62. The Morgan fingerprint density at radius 1 is 1.03 bits per heavy atom. The number of alkyl halides is 3. The van der Waals surface area contributed by atoms with Crippen LogP contribution >= 0.6 is 0 Å². The summed E-state index contributed by atoms with van der Waals surface area (Å²) < 4.78 is 37.5. The molecule has 4 N–H and O–H groups in total. The van der Waals surface area contributed by atoms with Crippen molar-refractivity contribution < 1.29 is 47.3 Å². The van der Waals surface area contributed by atoms with Gasteiger partial charge in [-0.05, 0) is 37.5 Å². The first-order valence-corrected chi connectivity index (χ1v) is 12.0. The van der Waals surface area contributed by atoms with Crippen LogP contribution in [-0.2, 0) is 30.5 Å². The Morgan fingerprint density at radius 2 is 1.59 bits per heavy atom. The Balaban J connectivity index is 0.000000673. The molecule has 3 unspecified atom stereocenters. The normalized spacial score (nSPS) is 16.3. The second-order valence-corrected chi connectivity index (χ2v) is 8.62. The molecule has 1 fully saturated rings. The monoisotopic (exact) mass is 553 g/mol. The molecule has 212 valence electrons. The summed E-state index contributed by atoms with van der Waals surface area (Å²) in [5, 5.41) is 22.4. The number of amides is 2. The van der Waals surface area contributed by atoms with Crippen molar-refractivity contribution in [3.63, 3.8) is 0 Å². The lowest BCUT2D eigenvalue weighted by Gasteiger charge is -2.28. The minimum Gasteiger partial charge on any atom is -0.480 e. The second-order valence-electron chi connectivity index (χ2n) is 8.62. The van der Waals surface area contributed by atoms with Crippen molar-refractivity contribution in [2.45, 2.75) is 50.7 Å². The van der Waals surface area contributed by atoms with Crippen LogP contribution in [0.3, 0.4) is 0 Å². The molecule has 0 radical (unpaired) electrons. The zero-order chi connectivity index (χ0) is 29.0. The molecule has 0 aromatic heterocycles. The quantitative estimate of drug-likeness (QED) is 0.352.